The van der Waals surface area contributed by atoms with Gasteiger partial charge in [-0.3, -0.25) is 24.0 Å². The van der Waals surface area contributed by atoms with E-state index in [2.05, 4.69) is 5.32 Å². The highest BCUT2D eigenvalue weighted by molar-refractivity contribution is 5.99. The second-order valence-electron chi connectivity index (χ2n) is 8.46. The molecule has 3 rings (SSSR count). The van der Waals surface area contributed by atoms with Crippen molar-refractivity contribution in [3.05, 3.63) is 71.3 Å². The van der Waals surface area contributed by atoms with Gasteiger partial charge < -0.3 is 21.7 Å². The highest BCUT2D eigenvalue weighted by Crippen LogP contribution is 2.25. The second kappa shape index (κ2) is 10.7. The fourth-order valence-electron chi connectivity index (χ4n) is 4.04. The lowest BCUT2D eigenvalue weighted by Gasteiger charge is -2.36. The first-order valence-electron chi connectivity index (χ1n) is 11.0. The number of nitrogens with two attached hydrogens (primary N) is 2. The lowest BCUT2D eigenvalue weighted by molar-refractivity contribution is -0.133. The van der Waals surface area contributed by atoms with Gasteiger partial charge in [-0.1, -0.05) is 42.5 Å². The van der Waals surface area contributed by atoms with Crippen LogP contribution < -0.4 is 16.8 Å². The summed E-state index contributed by atoms with van der Waals surface area (Å²) in [5, 5.41) is 2.66. The number of Topliss-reactive ketones (excluding diaryl/α,β-unsaturated/α-hetero) is 1. The van der Waals surface area contributed by atoms with Gasteiger partial charge in [-0.05, 0) is 30.2 Å². The van der Waals surface area contributed by atoms with Crippen LogP contribution in [0.3, 0.4) is 0 Å². The van der Waals surface area contributed by atoms with Crippen LogP contribution >= 0.6 is 0 Å². The average Bonchev–Trinajstić information content (AvgIpc) is 2.82. The summed E-state index contributed by atoms with van der Waals surface area (Å²) in [7, 11) is 0. The van der Waals surface area contributed by atoms with Crippen molar-refractivity contribution >= 4 is 29.4 Å². The molecular weight excluding hydrogens is 436 g/mol. The Morgan fingerprint density at radius 1 is 0.941 bits per heavy atom. The molecule has 1 aliphatic heterocycles. The van der Waals surface area contributed by atoms with E-state index in [0.717, 1.165) is 11.1 Å². The molecular formula is C25H28N4O5. The fourth-order valence-corrected chi connectivity index (χ4v) is 4.04. The summed E-state index contributed by atoms with van der Waals surface area (Å²) >= 11 is 0. The van der Waals surface area contributed by atoms with Crippen molar-refractivity contribution in [2.24, 2.45) is 17.4 Å². The van der Waals surface area contributed by atoms with Crippen molar-refractivity contribution in [1.29, 1.82) is 0 Å². The first kappa shape index (κ1) is 24.6. The third kappa shape index (κ3) is 5.86. The van der Waals surface area contributed by atoms with E-state index in [1.165, 1.54) is 11.8 Å². The number of benzene rings is 2. The maximum Gasteiger partial charge on any atom is 0.254 e. The summed E-state index contributed by atoms with van der Waals surface area (Å²) < 4.78 is 0. The Morgan fingerprint density at radius 2 is 1.56 bits per heavy atom. The Kier molecular flexibility index (Phi) is 7.78. The molecule has 9 nitrogen and oxygen atoms in total. The molecule has 178 valence electrons. The number of carbonyl (C=O) groups excluding carboxylic acids is 5. The summed E-state index contributed by atoms with van der Waals surface area (Å²) in [5.74, 6) is -3.83. The quantitative estimate of drug-likeness (QED) is 0.499. The highest BCUT2D eigenvalue weighted by Gasteiger charge is 2.36. The molecule has 0 spiro atoms. The lowest BCUT2D eigenvalue weighted by atomic mass is 9.92. The SMILES string of the molecule is C[C@H](NC(=O)[C@@H]1Cc2ccccc2CN1C(=O)c1ccccc1)C(=O)C[C@@H](CC(N)=O)C(N)=O. The van der Waals surface area contributed by atoms with Gasteiger partial charge in [0.2, 0.25) is 17.7 Å². The molecule has 0 aromatic heterocycles. The van der Waals surface area contributed by atoms with Crippen LogP contribution in [0, 0.1) is 5.92 Å². The van der Waals surface area contributed by atoms with Gasteiger partial charge >= 0.3 is 0 Å². The van der Waals surface area contributed by atoms with Crippen LogP contribution in [0.4, 0.5) is 0 Å². The molecule has 0 saturated carbocycles. The van der Waals surface area contributed by atoms with Crippen LogP contribution in [-0.4, -0.2) is 46.4 Å². The van der Waals surface area contributed by atoms with Crippen molar-refractivity contribution in [2.45, 2.75) is 44.8 Å². The number of fused-ring (bicyclic) bond motifs is 1. The zero-order chi connectivity index (χ0) is 24.8. The van der Waals surface area contributed by atoms with Gasteiger partial charge in [-0.15, -0.1) is 0 Å². The fraction of sp³-hybridized carbons (Fsp3) is 0.320. The molecule has 0 saturated heterocycles. The first-order chi connectivity index (χ1) is 16.2. The number of hydrogen-bond donors (Lipinski definition) is 3. The largest absolute Gasteiger partial charge is 0.370 e. The van der Waals surface area contributed by atoms with Crippen molar-refractivity contribution in [2.75, 3.05) is 0 Å². The van der Waals surface area contributed by atoms with Gasteiger partial charge in [-0.2, -0.15) is 0 Å². The number of nitrogens with one attached hydrogen (secondary N) is 1. The second-order valence-corrected chi connectivity index (χ2v) is 8.46. The summed E-state index contributed by atoms with van der Waals surface area (Å²) in [6.07, 6.45) is -0.368. The summed E-state index contributed by atoms with van der Waals surface area (Å²) in [6, 6.07) is 14.5. The minimum absolute atomic E-state index is 0.257. The van der Waals surface area contributed by atoms with Gasteiger partial charge in [0.05, 0.1) is 12.0 Å². The minimum atomic E-state index is -1.04. The monoisotopic (exact) mass is 464 g/mol. The van der Waals surface area contributed by atoms with Gasteiger partial charge in [0.15, 0.2) is 5.78 Å². The number of ketones is 1. The van der Waals surface area contributed by atoms with Crippen LogP contribution in [0.5, 0.6) is 0 Å². The van der Waals surface area contributed by atoms with Crippen LogP contribution in [0.15, 0.2) is 54.6 Å². The van der Waals surface area contributed by atoms with Crippen molar-refractivity contribution in [3.63, 3.8) is 0 Å². The predicted molar refractivity (Wildman–Crippen MR) is 124 cm³/mol. The van der Waals surface area contributed by atoms with Crippen molar-refractivity contribution in [3.8, 4) is 0 Å². The molecule has 1 aliphatic rings. The van der Waals surface area contributed by atoms with E-state index in [1.54, 1.807) is 30.3 Å². The number of nitrogens with zero attached hydrogens (tertiary/aromatic N) is 1. The van der Waals surface area contributed by atoms with E-state index in [1.807, 2.05) is 24.3 Å². The Balaban J connectivity index is 1.77. The zero-order valence-electron chi connectivity index (χ0n) is 18.9. The van der Waals surface area contributed by atoms with Crippen molar-refractivity contribution in [1.82, 2.24) is 10.2 Å². The molecule has 3 atom stereocenters. The van der Waals surface area contributed by atoms with Crippen LogP contribution in [0.1, 0.15) is 41.3 Å². The average molecular weight is 465 g/mol. The van der Waals surface area contributed by atoms with Gasteiger partial charge in [0.25, 0.3) is 5.91 Å². The molecule has 2 aromatic carbocycles. The standard InChI is InChI=1S/C25H28N4O5/c1-15(21(30)12-19(23(27)32)13-22(26)31)28-24(33)20-11-17-9-5-6-10-18(17)14-29(20)25(34)16-7-3-2-4-8-16/h2-10,15,19-20H,11-14H2,1H3,(H2,26,31)(H2,27,32)(H,28,33)/t15-,19-,20-/m0/s1. The van der Waals surface area contributed by atoms with E-state index in [9.17, 15) is 24.0 Å². The summed E-state index contributed by atoms with van der Waals surface area (Å²) in [6.45, 7) is 1.75. The molecule has 34 heavy (non-hydrogen) atoms. The molecule has 1 heterocycles. The Morgan fingerprint density at radius 3 is 2.18 bits per heavy atom. The number of hydrogen-bond acceptors (Lipinski definition) is 5. The van der Waals surface area contributed by atoms with Crippen molar-refractivity contribution < 1.29 is 24.0 Å². The zero-order valence-corrected chi connectivity index (χ0v) is 18.9. The third-order valence-electron chi connectivity index (χ3n) is 5.97. The first-order valence-corrected chi connectivity index (χ1v) is 11.0. The smallest absolute Gasteiger partial charge is 0.254 e. The van der Waals surface area contributed by atoms with E-state index in [4.69, 9.17) is 11.5 Å². The molecule has 0 bridgehead atoms. The van der Waals surface area contributed by atoms with Gasteiger partial charge in [-0.25, -0.2) is 0 Å². The number of amides is 4. The van der Waals surface area contributed by atoms with Crippen LogP contribution in [0.2, 0.25) is 0 Å². The molecule has 0 radical (unpaired) electrons. The molecule has 4 amide bonds. The molecule has 0 aliphatic carbocycles. The van der Waals surface area contributed by atoms with E-state index in [-0.39, 0.29) is 25.3 Å². The molecule has 0 unspecified atom stereocenters. The Bertz CT molecular complexity index is 1100. The van der Waals surface area contributed by atoms with E-state index < -0.39 is 41.5 Å². The Hall–Kier alpha value is -4.01. The van der Waals surface area contributed by atoms with Gasteiger partial charge in [0, 0.05) is 31.4 Å². The predicted octanol–water partition coefficient (Wildman–Crippen LogP) is 0.695. The third-order valence-corrected chi connectivity index (χ3v) is 5.97. The van der Waals surface area contributed by atoms with Crippen LogP contribution in [0.25, 0.3) is 0 Å². The summed E-state index contributed by atoms with van der Waals surface area (Å²) in [4.78, 5) is 63.4. The topological polar surface area (TPSA) is 153 Å². The maximum absolute atomic E-state index is 13.3. The van der Waals surface area contributed by atoms with E-state index >= 15 is 0 Å². The van der Waals surface area contributed by atoms with E-state index in [0.29, 0.717) is 12.0 Å². The minimum Gasteiger partial charge on any atom is -0.370 e. The van der Waals surface area contributed by atoms with Crippen LogP contribution in [-0.2, 0) is 32.1 Å². The molecule has 9 heteroatoms. The maximum atomic E-state index is 13.3. The number of primary amides is 2. The number of carbonyl (C=O) groups is 5. The lowest BCUT2D eigenvalue weighted by Crippen LogP contribution is -2.55. The Labute approximate surface area is 197 Å². The molecule has 2 aromatic rings. The van der Waals surface area contributed by atoms with Gasteiger partial charge in [0.1, 0.15) is 6.04 Å². The molecule has 0 fully saturated rings. The normalized spacial score (nSPS) is 16.6. The summed E-state index contributed by atoms with van der Waals surface area (Å²) in [5.41, 5.74) is 12.8. The molecule has 5 N–H and O–H groups in total. The highest BCUT2D eigenvalue weighted by atomic mass is 16.2. The number of rotatable bonds is 9.